The molecule has 1 aromatic heterocycles. The molecule has 1 radical (unpaired) electrons. The van der Waals surface area contributed by atoms with Crippen LogP contribution in [0.15, 0.2) is 48.7 Å². The highest BCUT2D eigenvalue weighted by molar-refractivity contribution is 6.48. The van der Waals surface area contributed by atoms with Gasteiger partial charge in [0.1, 0.15) is 18.1 Å². The molecule has 1 amide bonds. The molecule has 199 valence electrons. The van der Waals surface area contributed by atoms with E-state index in [1.54, 1.807) is 36.0 Å². The molecule has 7 nitrogen and oxygen atoms in total. The SMILES string of the molecule is Cc1nn(-c2ccc(F)cc2)cc1C(=O)Nc1ccc(N2CCC(C(C)(C)C)CC2O[Si](C)C)c(C#N)c1. The van der Waals surface area contributed by atoms with Crippen molar-refractivity contribution in [1.29, 1.82) is 5.26 Å². The Bertz CT molecular complexity index is 1340. The predicted molar refractivity (Wildman–Crippen MR) is 149 cm³/mol. The highest BCUT2D eigenvalue weighted by Gasteiger charge is 2.36. The molecular formula is C29H35FN5O2Si. The molecule has 0 spiro atoms. The highest BCUT2D eigenvalue weighted by atomic mass is 28.3. The first-order valence-corrected chi connectivity index (χ1v) is 15.3. The number of aromatic nitrogens is 2. The van der Waals surface area contributed by atoms with Crippen molar-refractivity contribution in [1.82, 2.24) is 9.78 Å². The molecule has 38 heavy (non-hydrogen) atoms. The van der Waals surface area contributed by atoms with E-state index in [9.17, 15) is 14.4 Å². The number of piperidine rings is 1. The number of nitriles is 1. The van der Waals surface area contributed by atoms with Crippen molar-refractivity contribution >= 4 is 26.3 Å². The maximum Gasteiger partial charge on any atom is 0.259 e. The molecular weight excluding hydrogens is 497 g/mol. The average Bonchev–Trinajstić information content (AvgIpc) is 3.25. The van der Waals surface area contributed by atoms with Crippen molar-refractivity contribution in [2.45, 2.75) is 59.9 Å². The smallest absolute Gasteiger partial charge is 0.259 e. The lowest BCUT2D eigenvalue weighted by atomic mass is 9.74. The first kappa shape index (κ1) is 27.5. The van der Waals surface area contributed by atoms with E-state index in [4.69, 9.17) is 4.43 Å². The molecule has 2 atom stereocenters. The molecule has 1 N–H and O–H groups in total. The zero-order valence-electron chi connectivity index (χ0n) is 22.9. The fourth-order valence-electron chi connectivity index (χ4n) is 4.93. The van der Waals surface area contributed by atoms with Crippen LogP contribution in [0.2, 0.25) is 13.1 Å². The number of hydrogen-bond acceptors (Lipinski definition) is 5. The molecule has 1 aliphatic heterocycles. The third-order valence-corrected chi connectivity index (χ3v) is 7.81. The van der Waals surface area contributed by atoms with E-state index in [0.29, 0.717) is 34.1 Å². The van der Waals surface area contributed by atoms with Crippen LogP contribution in [0.25, 0.3) is 5.69 Å². The van der Waals surface area contributed by atoms with Gasteiger partial charge in [0.2, 0.25) is 9.04 Å². The maximum atomic E-state index is 13.3. The summed E-state index contributed by atoms with van der Waals surface area (Å²) in [5.74, 6) is -0.133. The summed E-state index contributed by atoms with van der Waals surface area (Å²) in [6, 6.07) is 13.6. The zero-order valence-corrected chi connectivity index (χ0v) is 23.9. The summed E-state index contributed by atoms with van der Waals surface area (Å²) in [6.45, 7) is 13.6. The molecule has 2 unspecified atom stereocenters. The van der Waals surface area contributed by atoms with Gasteiger partial charge in [-0.25, -0.2) is 9.07 Å². The minimum absolute atomic E-state index is 0.0793. The second-order valence-electron chi connectivity index (χ2n) is 11.1. The van der Waals surface area contributed by atoms with Gasteiger partial charge in [0, 0.05) is 18.4 Å². The molecule has 2 heterocycles. The Hall–Kier alpha value is -3.48. The van der Waals surface area contributed by atoms with Crippen molar-refractivity contribution < 1.29 is 13.6 Å². The summed E-state index contributed by atoms with van der Waals surface area (Å²) in [4.78, 5) is 15.3. The quantitative estimate of drug-likeness (QED) is 0.377. The third kappa shape index (κ3) is 6.14. The Balaban J connectivity index is 1.55. The normalized spacial score (nSPS) is 17.9. The summed E-state index contributed by atoms with van der Waals surface area (Å²) in [7, 11) is -0.947. The number of amides is 1. The van der Waals surface area contributed by atoms with Gasteiger partial charge in [-0.3, -0.25) is 4.79 Å². The molecule has 2 aromatic carbocycles. The van der Waals surface area contributed by atoms with Gasteiger partial charge >= 0.3 is 0 Å². The first-order chi connectivity index (χ1) is 18.0. The molecule has 1 saturated heterocycles. The number of halogens is 1. The summed E-state index contributed by atoms with van der Waals surface area (Å²) in [6.07, 6.45) is 3.48. The molecule has 4 rings (SSSR count). The number of benzene rings is 2. The first-order valence-electron chi connectivity index (χ1n) is 12.9. The lowest BCUT2D eigenvalue weighted by molar-refractivity contribution is 0.0850. The number of rotatable bonds is 6. The van der Waals surface area contributed by atoms with Gasteiger partial charge in [0.05, 0.1) is 28.2 Å². The van der Waals surface area contributed by atoms with E-state index in [-0.39, 0.29) is 23.4 Å². The van der Waals surface area contributed by atoms with E-state index in [1.807, 2.05) is 12.1 Å². The molecule has 0 bridgehead atoms. The summed E-state index contributed by atoms with van der Waals surface area (Å²) in [5.41, 5.74) is 3.63. The van der Waals surface area contributed by atoms with Gasteiger partial charge in [0.15, 0.2) is 0 Å². The van der Waals surface area contributed by atoms with Crippen LogP contribution in [0.5, 0.6) is 0 Å². The fourth-order valence-corrected chi connectivity index (χ4v) is 5.70. The van der Waals surface area contributed by atoms with Gasteiger partial charge in [-0.1, -0.05) is 20.8 Å². The standard InChI is InChI=1S/C29H35FN5O2Si/c1-19-25(18-35(33-19)24-10-7-22(30)8-11-24)28(36)32-23-9-12-26(20(15-23)17-31)34-14-13-21(29(2,3)4)16-27(34)37-38(5)6/h7-12,15,18,21,27H,13-14,16H2,1-6H3,(H,32,36). The second-order valence-corrected chi connectivity index (χ2v) is 13.2. The van der Waals surface area contributed by atoms with Crippen LogP contribution in [0.3, 0.4) is 0 Å². The Morgan fingerprint density at radius 2 is 1.92 bits per heavy atom. The lowest BCUT2D eigenvalue weighted by Crippen LogP contribution is -2.48. The number of carbonyl (C=O) groups excluding carboxylic acids is 1. The van der Waals surface area contributed by atoms with Gasteiger partial charge < -0.3 is 14.6 Å². The highest BCUT2D eigenvalue weighted by Crippen LogP contribution is 2.40. The van der Waals surface area contributed by atoms with E-state index in [2.05, 4.69) is 55.2 Å². The number of hydrogen-bond donors (Lipinski definition) is 1. The molecule has 0 saturated carbocycles. The Kier molecular flexibility index (Phi) is 8.04. The van der Waals surface area contributed by atoms with Gasteiger partial charge in [0.25, 0.3) is 5.91 Å². The molecule has 1 aliphatic rings. The van der Waals surface area contributed by atoms with Crippen LogP contribution in [0, 0.1) is 35.4 Å². The maximum absolute atomic E-state index is 13.3. The Labute approximate surface area is 226 Å². The van der Waals surface area contributed by atoms with Gasteiger partial charge in [-0.2, -0.15) is 10.4 Å². The number of aryl methyl sites for hydroxylation is 1. The Morgan fingerprint density at radius 3 is 2.55 bits per heavy atom. The van der Waals surface area contributed by atoms with Gasteiger partial charge in [-0.15, -0.1) is 0 Å². The van der Waals surface area contributed by atoms with Crippen LogP contribution >= 0.6 is 0 Å². The van der Waals surface area contributed by atoms with Crippen LogP contribution in [0.4, 0.5) is 15.8 Å². The third-order valence-electron chi connectivity index (χ3n) is 7.07. The Morgan fingerprint density at radius 1 is 1.21 bits per heavy atom. The number of carbonyl (C=O) groups is 1. The second kappa shape index (κ2) is 11.1. The molecule has 9 heteroatoms. The van der Waals surface area contributed by atoms with Crippen molar-refractivity contribution in [3.63, 3.8) is 0 Å². The lowest BCUT2D eigenvalue weighted by Gasteiger charge is -2.45. The largest absolute Gasteiger partial charge is 0.397 e. The number of nitrogens with one attached hydrogen (secondary N) is 1. The minimum Gasteiger partial charge on any atom is -0.397 e. The van der Waals surface area contributed by atoms with Crippen LogP contribution in [-0.2, 0) is 4.43 Å². The number of anilines is 2. The predicted octanol–water partition coefficient (Wildman–Crippen LogP) is 6.30. The molecule has 3 aromatic rings. The minimum atomic E-state index is -0.947. The van der Waals surface area contributed by atoms with Crippen LogP contribution in [0.1, 0.15) is 55.2 Å². The van der Waals surface area contributed by atoms with Crippen molar-refractivity contribution in [2.24, 2.45) is 11.3 Å². The van der Waals surface area contributed by atoms with E-state index in [1.165, 1.54) is 12.1 Å². The van der Waals surface area contributed by atoms with Crippen molar-refractivity contribution in [2.75, 3.05) is 16.8 Å². The number of nitrogens with zero attached hydrogens (tertiary/aromatic N) is 4. The summed E-state index contributed by atoms with van der Waals surface area (Å²) >= 11 is 0. The fraction of sp³-hybridized carbons (Fsp3) is 0.414. The molecule has 0 aliphatic carbocycles. The van der Waals surface area contributed by atoms with Crippen molar-refractivity contribution in [3.8, 4) is 11.8 Å². The monoisotopic (exact) mass is 532 g/mol. The van der Waals surface area contributed by atoms with E-state index >= 15 is 0 Å². The molecule has 1 fully saturated rings. The summed E-state index contributed by atoms with van der Waals surface area (Å²) < 4.78 is 21.2. The summed E-state index contributed by atoms with van der Waals surface area (Å²) in [5, 5.41) is 17.3. The van der Waals surface area contributed by atoms with E-state index < -0.39 is 9.04 Å². The zero-order chi connectivity index (χ0) is 27.6. The van der Waals surface area contributed by atoms with Crippen molar-refractivity contribution in [3.05, 3.63) is 71.3 Å². The van der Waals surface area contributed by atoms with Crippen LogP contribution in [-0.4, -0.2) is 37.5 Å². The van der Waals surface area contributed by atoms with Crippen LogP contribution < -0.4 is 10.2 Å². The van der Waals surface area contributed by atoms with E-state index in [0.717, 1.165) is 25.1 Å². The van der Waals surface area contributed by atoms with Gasteiger partial charge in [-0.05, 0) is 86.7 Å². The topological polar surface area (TPSA) is 83.2 Å². The average molecular weight is 533 g/mol.